The standard InChI is InChI=1S/C12H15BrClNO2/c1-3-17-7-8(2)15-12(16)10-6-9(13)4-5-11(10)14/h4-6,8H,3,7H2,1-2H3,(H,15,16). The molecule has 0 saturated heterocycles. The smallest absolute Gasteiger partial charge is 0.253 e. The first kappa shape index (κ1) is 14.5. The van der Waals surface area contributed by atoms with Crippen molar-refractivity contribution >= 4 is 33.4 Å². The van der Waals surface area contributed by atoms with Crippen molar-refractivity contribution in [2.75, 3.05) is 13.2 Å². The summed E-state index contributed by atoms with van der Waals surface area (Å²) in [5, 5.41) is 3.27. The van der Waals surface area contributed by atoms with Crippen LogP contribution in [0.5, 0.6) is 0 Å². The van der Waals surface area contributed by atoms with Gasteiger partial charge in [0.15, 0.2) is 0 Å². The highest BCUT2D eigenvalue weighted by Crippen LogP contribution is 2.20. The van der Waals surface area contributed by atoms with Crippen molar-refractivity contribution in [2.45, 2.75) is 19.9 Å². The summed E-state index contributed by atoms with van der Waals surface area (Å²) in [6, 6.07) is 5.14. The number of carbonyl (C=O) groups is 1. The molecule has 0 aliphatic heterocycles. The van der Waals surface area contributed by atoms with Gasteiger partial charge in [-0.25, -0.2) is 0 Å². The van der Waals surface area contributed by atoms with Crippen molar-refractivity contribution in [1.29, 1.82) is 0 Å². The minimum atomic E-state index is -0.191. The average Bonchev–Trinajstić information content (AvgIpc) is 2.29. The minimum absolute atomic E-state index is 0.0440. The summed E-state index contributed by atoms with van der Waals surface area (Å²) < 4.78 is 6.05. The summed E-state index contributed by atoms with van der Waals surface area (Å²) in [6.45, 7) is 4.94. The van der Waals surface area contributed by atoms with Crippen LogP contribution in [-0.4, -0.2) is 25.2 Å². The van der Waals surface area contributed by atoms with E-state index in [1.165, 1.54) is 0 Å². The molecule has 0 aliphatic rings. The van der Waals surface area contributed by atoms with Crippen molar-refractivity contribution in [2.24, 2.45) is 0 Å². The first-order valence-electron chi connectivity index (χ1n) is 5.38. The lowest BCUT2D eigenvalue weighted by molar-refractivity contribution is 0.0872. The Morgan fingerprint density at radius 1 is 1.59 bits per heavy atom. The van der Waals surface area contributed by atoms with Gasteiger partial charge in [0.2, 0.25) is 0 Å². The van der Waals surface area contributed by atoms with Gasteiger partial charge in [0.1, 0.15) is 0 Å². The van der Waals surface area contributed by atoms with Crippen molar-refractivity contribution in [3.05, 3.63) is 33.3 Å². The van der Waals surface area contributed by atoms with Crippen molar-refractivity contribution in [1.82, 2.24) is 5.32 Å². The van der Waals surface area contributed by atoms with Gasteiger partial charge in [-0.05, 0) is 32.0 Å². The Hall–Kier alpha value is -0.580. The van der Waals surface area contributed by atoms with Gasteiger partial charge in [-0.3, -0.25) is 4.79 Å². The number of nitrogens with one attached hydrogen (secondary N) is 1. The lowest BCUT2D eigenvalue weighted by atomic mass is 10.2. The Morgan fingerprint density at radius 2 is 2.29 bits per heavy atom. The molecule has 0 heterocycles. The van der Waals surface area contributed by atoms with Crippen molar-refractivity contribution in [3.8, 4) is 0 Å². The molecule has 1 amide bonds. The third-order valence-electron chi connectivity index (χ3n) is 2.12. The number of hydrogen-bond acceptors (Lipinski definition) is 2. The molecule has 0 spiro atoms. The molecule has 0 fully saturated rings. The summed E-state index contributed by atoms with van der Waals surface area (Å²) in [7, 11) is 0. The summed E-state index contributed by atoms with van der Waals surface area (Å²) in [5.74, 6) is -0.191. The fourth-order valence-electron chi connectivity index (χ4n) is 1.31. The highest BCUT2D eigenvalue weighted by molar-refractivity contribution is 9.10. The quantitative estimate of drug-likeness (QED) is 0.904. The van der Waals surface area contributed by atoms with Gasteiger partial charge >= 0.3 is 0 Å². The Labute approximate surface area is 115 Å². The number of rotatable bonds is 5. The van der Waals surface area contributed by atoms with E-state index in [0.29, 0.717) is 23.8 Å². The fourth-order valence-corrected chi connectivity index (χ4v) is 1.87. The van der Waals surface area contributed by atoms with Crippen LogP contribution in [0.3, 0.4) is 0 Å². The van der Waals surface area contributed by atoms with Crippen LogP contribution in [0.1, 0.15) is 24.2 Å². The first-order valence-corrected chi connectivity index (χ1v) is 6.55. The zero-order valence-electron chi connectivity index (χ0n) is 9.80. The maximum absolute atomic E-state index is 11.9. The van der Waals surface area contributed by atoms with E-state index in [1.54, 1.807) is 18.2 Å². The zero-order valence-corrected chi connectivity index (χ0v) is 12.1. The number of amides is 1. The van der Waals surface area contributed by atoms with E-state index in [1.807, 2.05) is 13.8 Å². The second-order valence-corrected chi connectivity index (χ2v) is 4.98. The molecule has 0 saturated carbocycles. The molecule has 0 radical (unpaired) electrons. The van der Waals surface area contributed by atoms with Gasteiger partial charge in [-0.1, -0.05) is 27.5 Å². The third kappa shape index (κ3) is 4.66. The topological polar surface area (TPSA) is 38.3 Å². The maximum Gasteiger partial charge on any atom is 0.253 e. The zero-order chi connectivity index (χ0) is 12.8. The van der Waals surface area contributed by atoms with Crippen molar-refractivity contribution < 1.29 is 9.53 Å². The van der Waals surface area contributed by atoms with Crippen LogP contribution >= 0.6 is 27.5 Å². The van der Waals surface area contributed by atoms with E-state index in [2.05, 4.69) is 21.2 Å². The van der Waals surface area contributed by atoms with Gasteiger partial charge in [0, 0.05) is 17.1 Å². The number of halogens is 2. The molecule has 94 valence electrons. The summed E-state index contributed by atoms with van der Waals surface area (Å²) >= 11 is 9.28. The predicted octanol–water partition coefficient (Wildman–Crippen LogP) is 3.26. The number of benzene rings is 1. The third-order valence-corrected chi connectivity index (χ3v) is 2.95. The largest absolute Gasteiger partial charge is 0.380 e. The molecule has 1 N–H and O–H groups in total. The summed E-state index contributed by atoms with van der Waals surface area (Å²) in [4.78, 5) is 11.9. The number of hydrogen-bond donors (Lipinski definition) is 1. The van der Waals surface area contributed by atoms with Gasteiger partial charge in [0.25, 0.3) is 5.91 Å². The normalized spacial score (nSPS) is 12.2. The summed E-state index contributed by atoms with van der Waals surface area (Å²) in [5.41, 5.74) is 0.462. The molecule has 3 nitrogen and oxygen atoms in total. The monoisotopic (exact) mass is 319 g/mol. The van der Waals surface area contributed by atoms with Crippen LogP contribution in [0.2, 0.25) is 5.02 Å². The maximum atomic E-state index is 11.9. The molecule has 1 unspecified atom stereocenters. The minimum Gasteiger partial charge on any atom is -0.380 e. The number of ether oxygens (including phenoxy) is 1. The molecule has 17 heavy (non-hydrogen) atoms. The Bertz CT molecular complexity index is 398. The second-order valence-electron chi connectivity index (χ2n) is 3.66. The van der Waals surface area contributed by atoms with Crippen LogP contribution in [0.4, 0.5) is 0 Å². The molecule has 1 aromatic rings. The van der Waals surface area contributed by atoms with Gasteiger partial charge < -0.3 is 10.1 Å². The fraction of sp³-hybridized carbons (Fsp3) is 0.417. The SMILES string of the molecule is CCOCC(C)NC(=O)c1cc(Br)ccc1Cl. The van der Waals surface area contributed by atoms with E-state index < -0.39 is 0 Å². The Morgan fingerprint density at radius 3 is 2.94 bits per heavy atom. The second kappa shape index (κ2) is 6.99. The van der Waals surface area contributed by atoms with E-state index in [0.717, 1.165) is 4.47 Å². The van der Waals surface area contributed by atoms with E-state index >= 15 is 0 Å². The van der Waals surface area contributed by atoms with Gasteiger partial charge in [0.05, 0.1) is 17.2 Å². The van der Waals surface area contributed by atoms with Crippen LogP contribution in [-0.2, 0) is 4.74 Å². The first-order chi connectivity index (χ1) is 8.04. The molecule has 0 aromatic heterocycles. The Balaban J connectivity index is 2.66. The molecule has 0 aliphatic carbocycles. The van der Waals surface area contributed by atoms with Crippen LogP contribution in [0.25, 0.3) is 0 Å². The van der Waals surface area contributed by atoms with Crippen LogP contribution in [0.15, 0.2) is 22.7 Å². The van der Waals surface area contributed by atoms with E-state index in [-0.39, 0.29) is 11.9 Å². The molecular weight excluding hydrogens is 305 g/mol. The van der Waals surface area contributed by atoms with Crippen LogP contribution in [0, 0.1) is 0 Å². The van der Waals surface area contributed by atoms with Gasteiger partial charge in [-0.2, -0.15) is 0 Å². The highest BCUT2D eigenvalue weighted by atomic mass is 79.9. The van der Waals surface area contributed by atoms with Crippen LogP contribution < -0.4 is 5.32 Å². The van der Waals surface area contributed by atoms with Crippen molar-refractivity contribution in [3.63, 3.8) is 0 Å². The number of carbonyl (C=O) groups excluding carboxylic acids is 1. The predicted molar refractivity (Wildman–Crippen MR) is 72.6 cm³/mol. The molecule has 1 rings (SSSR count). The van der Waals surface area contributed by atoms with Gasteiger partial charge in [-0.15, -0.1) is 0 Å². The molecular formula is C12H15BrClNO2. The Kier molecular flexibility index (Phi) is 5.95. The molecule has 1 atom stereocenters. The molecule has 0 bridgehead atoms. The lowest BCUT2D eigenvalue weighted by Gasteiger charge is -2.14. The summed E-state index contributed by atoms with van der Waals surface area (Å²) in [6.07, 6.45) is 0. The molecule has 5 heteroatoms. The average molecular weight is 321 g/mol. The van der Waals surface area contributed by atoms with E-state index in [9.17, 15) is 4.79 Å². The highest BCUT2D eigenvalue weighted by Gasteiger charge is 2.13. The molecule has 1 aromatic carbocycles. The van der Waals surface area contributed by atoms with E-state index in [4.69, 9.17) is 16.3 Å². The lowest BCUT2D eigenvalue weighted by Crippen LogP contribution is -2.36.